The minimum absolute atomic E-state index is 0.473. The van der Waals surface area contributed by atoms with Crippen LogP contribution in [0.15, 0.2) is 24.3 Å². The monoisotopic (exact) mass is 304 g/mol. The van der Waals surface area contributed by atoms with Gasteiger partial charge in [-0.15, -0.1) is 0 Å². The predicted octanol–water partition coefficient (Wildman–Crippen LogP) is 5.15. The number of fused-ring (bicyclic) bond motifs is 3. The fraction of sp³-hybridized carbons (Fsp3) is 0.684. The van der Waals surface area contributed by atoms with Gasteiger partial charge in [-0.2, -0.15) is 0 Å². The van der Waals surface area contributed by atoms with Crippen LogP contribution in [0.2, 0.25) is 5.02 Å². The second-order valence-electron chi connectivity index (χ2n) is 7.44. The van der Waals surface area contributed by atoms with Crippen LogP contribution in [0, 0.1) is 23.7 Å². The smallest absolute Gasteiger partial charge is 0.0958 e. The van der Waals surface area contributed by atoms with Gasteiger partial charge in [0, 0.05) is 5.02 Å². The molecule has 114 valence electrons. The Labute approximate surface area is 132 Å². The van der Waals surface area contributed by atoms with E-state index in [2.05, 4.69) is 12.1 Å². The van der Waals surface area contributed by atoms with Crippen molar-refractivity contribution < 1.29 is 5.11 Å². The number of hydrogen-bond acceptors (Lipinski definition) is 1. The topological polar surface area (TPSA) is 20.2 Å². The third-order valence-electron chi connectivity index (χ3n) is 6.63. The molecule has 4 unspecified atom stereocenters. The van der Waals surface area contributed by atoms with Crippen molar-refractivity contribution in [2.24, 2.45) is 23.7 Å². The summed E-state index contributed by atoms with van der Waals surface area (Å²) in [5.41, 5.74) is 0.527. The van der Waals surface area contributed by atoms with Crippen LogP contribution in [0.1, 0.15) is 56.9 Å². The van der Waals surface area contributed by atoms with Gasteiger partial charge < -0.3 is 5.11 Å². The van der Waals surface area contributed by atoms with Crippen LogP contribution >= 0.6 is 11.6 Å². The van der Waals surface area contributed by atoms with E-state index in [1.807, 2.05) is 12.1 Å². The van der Waals surface area contributed by atoms with E-state index in [0.717, 1.165) is 22.4 Å². The molecule has 0 saturated heterocycles. The largest absolute Gasteiger partial charge is 0.385 e. The normalized spacial score (nSPS) is 42.4. The van der Waals surface area contributed by atoms with Crippen LogP contribution in [0.5, 0.6) is 0 Å². The third kappa shape index (κ3) is 2.08. The zero-order valence-corrected chi connectivity index (χ0v) is 13.4. The fourth-order valence-electron chi connectivity index (χ4n) is 5.86. The van der Waals surface area contributed by atoms with E-state index in [1.165, 1.54) is 51.4 Å². The van der Waals surface area contributed by atoms with Crippen LogP contribution < -0.4 is 0 Å². The molecule has 3 fully saturated rings. The first-order valence-electron chi connectivity index (χ1n) is 8.69. The Bertz CT molecular complexity index is 487. The number of aliphatic hydroxyl groups is 1. The molecule has 3 aliphatic rings. The lowest BCUT2D eigenvalue weighted by Crippen LogP contribution is -2.39. The van der Waals surface area contributed by atoms with Crippen LogP contribution in [-0.4, -0.2) is 5.11 Å². The van der Waals surface area contributed by atoms with Gasteiger partial charge in [0.2, 0.25) is 0 Å². The van der Waals surface area contributed by atoms with Gasteiger partial charge in [-0.3, -0.25) is 0 Å². The molecule has 4 rings (SSSR count). The maximum Gasteiger partial charge on any atom is 0.0958 e. The molecule has 0 radical (unpaired) electrons. The Hall–Kier alpha value is -0.530. The number of hydrogen-bond donors (Lipinski definition) is 1. The molecule has 0 aliphatic heterocycles. The maximum atomic E-state index is 11.8. The number of benzene rings is 1. The molecule has 0 heterocycles. The molecule has 0 spiro atoms. The molecular weight excluding hydrogens is 280 g/mol. The average molecular weight is 305 g/mol. The van der Waals surface area contributed by atoms with E-state index in [9.17, 15) is 5.11 Å². The first kappa shape index (κ1) is 14.1. The van der Waals surface area contributed by atoms with Gasteiger partial charge in [-0.05, 0) is 67.1 Å². The van der Waals surface area contributed by atoms with Gasteiger partial charge in [-0.1, -0.05) is 49.4 Å². The number of halogens is 1. The molecule has 0 bridgehead atoms. The van der Waals surface area contributed by atoms with E-state index in [0.29, 0.717) is 11.8 Å². The predicted molar refractivity (Wildman–Crippen MR) is 86.2 cm³/mol. The van der Waals surface area contributed by atoms with E-state index < -0.39 is 5.60 Å². The van der Waals surface area contributed by atoms with E-state index in [1.54, 1.807) is 0 Å². The SMILES string of the molecule is OC1(c2ccc(Cl)cc2)C2CCCCC2C2CCCCC21. The van der Waals surface area contributed by atoms with Crippen molar-refractivity contribution in [3.63, 3.8) is 0 Å². The summed E-state index contributed by atoms with van der Waals surface area (Å²) >= 11 is 6.06. The molecule has 1 N–H and O–H groups in total. The molecular formula is C19H25ClO. The van der Waals surface area contributed by atoms with Gasteiger partial charge >= 0.3 is 0 Å². The minimum atomic E-state index is -0.596. The molecule has 0 amide bonds. The van der Waals surface area contributed by atoms with Gasteiger partial charge in [0.1, 0.15) is 0 Å². The molecule has 2 heteroatoms. The lowest BCUT2D eigenvalue weighted by atomic mass is 9.71. The summed E-state index contributed by atoms with van der Waals surface area (Å²) in [7, 11) is 0. The highest BCUT2D eigenvalue weighted by Gasteiger charge is 2.60. The van der Waals surface area contributed by atoms with Crippen molar-refractivity contribution in [3.8, 4) is 0 Å². The van der Waals surface area contributed by atoms with Crippen LogP contribution in [0.25, 0.3) is 0 Å². The van der Waals surface area contributed by atoms with E-state index in [4.69, 9.17) is 11.6 Å². The van der Waals surface area contributed by atoms with E-state index >= 15 is 0 Å². The van der Waals surface area contributed by atoms with Crippen molar-refractivity contribution in [2.75, 3.05) is 0 Å². The third-order valence-corrected chi connectivity index (χ3v) is 6.88. The Morgan fingerprint density at radius 3 is 1.81 bits per heavy atom. The Kier molecular flexibility index (Phi) is 3.54. The molecule has 1 aromatic rings. The maximum absolute atomic E-state index is 11.8. The summed E-state index contributed by atoms with van der Waals surface area (Å²) in [6.45, 7) is 0. The standard InChI is InChI=1S/C19H25ClO/c20-14-11-9-13(10-12-14)19(21)17-7-3-1-5-15(17)16-6-2-4-8-18(16)19/h9-12,15-18,21H,1-8H2. The number of rotatable bonds is 1. The molecule has 0 aromatic heterocycles. The van der Waals surface area contributed by atoms with Crippen molar-refractivity contribution >= 4 is 11.6 Å². The first-order valence-corrected chi connectivity index (χ1v) is 9.07. The molecule has 4 atom stereocenters. The zero-order chi connectivity index (χ0) is 14.4. The highest BCUT2D eigenvalue weighted by molar-refractivity contribution is 6.30. The fourth-order valence-corrected chi connectivity index (χ4v) is 5.98. The average Bonchev–Trinajstić information content (AvgIpc) is 2.80. The van der Waals surface area contributed by atoms with Gasteiger partial charge in [0.25, 0.3) is 0 Å². The zero-order valence-electron chi connectivity index (χ0n) is 12.6. The lowest BCUT2D eigenvalue weighted by molar-refractivity contribution is -0.0650. The second-order valence-corrected chi connectivity index (χ2v) is 7.88. The minimum Gasteiger partial charge on any atom is -0.385 e. The van der Waals surface area contributed by atoms with Gasteiger partial charge in [0.05, 0.1) is 5.60 Å². The summed E-state index contributed by atoms with van der Waals surface area (Å²) in [6, 6.07) is 8.04. The first-order chi connectivity index (χ1) is 10.2. The van der Waals surface area contributed by atoms with E-state index in [-0.39, 0.29) is 0 Å². The van der Waals surface area contributed by atoms with Crippen molar-refractivity contribution in [1.29, 1.82) is 0 Å². The second kappa shape index (κ2) is 5.28. The Balaban J connectivity index is 1.78. The molecule has 1 nitrogen and oxygen atoms in total. The van der Waals surface area contributed by atoms with Crippen LogP contribution in [0.4, 0.5) is 0 Å². The lowest BCUT2D eigenvalue weighted by Gasteiger charge is -2.39. The summed E-state index contributed by atoms with van der Waals surface area (Å²) in [4.78, 5) is 0. The van der Waals surface area contributed by atoms with Gasteiger partial charge in [-0.25, -0.2) is 0 Å². The Morgan fingerprint density at radius 2 is 1.29 bits per heavy atom. The highest BCUT2D eigenvalue weighted by Crippen LogP contribution is 2.62. The Morgan fingerprint density at radius 1 is 0.810 bits per heavy atom. The molecule has 1 aromatic carbocycles. The summed E-state index contributed by atoms with van der Waals surface area (Å²) < 4.78 is 0. The van der Waals surface area contributed by atoms with Crippen molar-refractivity contribution in [2.45, 2.75) is 57.0 Å². The summed E-state index contributed by atoms with van der Waals surface area (Å²) in [5, 5.41) is 12.6. The molecule has 3 saturated carbocycles. The van der Waals surface area contributed by atoms with Crippen LogP contribution in [-0.2, 0) is 5.60 Å². The quantitative estimate of drug-likeness (QED) is 0.760. The summed E-state index contributed by atoms with van der Waals surface area (Å²) in [5.74, 6) is 2.45. The summed E-state index contributed by atoms with van der Waals surface area (Å²) in [6.07, 6.45) is 10.4. The van der Waals surface area contributed by atoms with Crippen molar-refractivity contribution in [3.05, 3.63) is 34.9 Å². The van der Waals surface area contributed by atoms with Crippen molar-refractivity contribution in [1.82, 2.24) is 0 Å². The molecule has 3 aliphatic carbocycles. The molecule has 21 heavy (non-hydrogen) atoms. The van der Waals surface area contributed by atoms with Crippen LogP contribution in [0.3, 0.4) is 0 Å². The highest BCUT2D eigenvalue weighted by atomic mass is 35.5. The van der Waals surface area contributed by atoms with Gasteiger partial charge in [0.15, 0.2) is 0 Å².